The van der Waals surface area contributed by atoms with E-state index in [0.717, 1.165) is 10.9 Å². The standard InChI is InChI=1S/C13H10N2O3/c1-8-2-3-11-9(6-8)10(7-18-11)15-5-4-12(16)14-13(15)17/h2-7H,1H3,(H,14,16,17). The number of aryl methyl sites for hydroxylation is 1. The molecule has 0 amide bonds. The summed E-state index contributed by atoms with van der Waals surface area (Å²) in [5, 5.41) is 0.837. The molecule has 0 fully saturated rings. The largest absolute Gasteiger partial charge is 0.462 e. The lowest BCUT2D eigenvalue weighted by Gasteiger charge is -2.01. The van der Waals surface area contributed by atoms with Crippen LogP contribution in [0.1, 0.15) is 5.56 Å². The average molecular weight is 242 g/mol. The summed E-state index contributed by atoms with van der Waals surface area (Å²) in [6, 6.07) is 7.03. The fraction of sp³-hybridized carbons (Fsp3) is 0.0769. The molecule has 0 spiro atoms. The quantitative estimate of drug-likeness (QED) is 0.704. The summed E-state index contributed by atoms with van der Waals surface area (Å²) < 4.78 is 6.75. The summed E-state index contributed by atoms with van der Waals surface area (Å²) in [6.45, 7) is 1.96. The van der Waals surface area contributed by atoms with Crippen LogP contribution in [0.3, 0.4) is 0 Å². The lowest BCUT2D eigenvalue weighted by molar-refractivity contribution is 0.611. The zero-order chi connectivity index (χ0) is 12.7. The van der Waals surface area contributed by atoms with Crippen LogP contribution >= 0.6 is 0 Å². The van der Waals surface area contributed by atoms with Crippen LogP contribution in [-0.2, 0) is 0 Å². The van der Waals surface area contributed by atoms with Crippen molar-refractivity contribution in [1.29, 1.82) is 0 Å². The summed E-state index contributed by atoms with van der Waals surface area (Å²) in [5.74, 6) is 0. The molecule has 5 nitrogen and oxygen atoms in total. The van der Waals surface area contributed by atoms with Crippen LogP contribution < -0.4 is 11.2 Å². The molecule has 0 atom stereocenters. The second-order valence-corrected chi connectivity index (χ2v) is 4.10. The van der Waals surface area contributed by atoms with Crippen LogP contribution in [0.5, 0.6) is 0 Å². The average Bonchev–Trinajstić information content (AvgIpc) is 2.72. The molecule has 0 saturated heterocycles. The number of rotatable bonds is 1. The van der Waals surface area contributed by atoms with Gasteiger partial charge in [0.25, 0.3) is 5.56 Å². The number of aromatic amines is 1. The topological polar surface area (TPSA) is 68.0 Å². The second-order valence-electron chi connectivity index (χ2n) is 4.10. The van der Waals surface area contributed by atoms with E-state index in [1.165, 1.54) is 23.1 Å². The molecule has 1 N–H and O–H groups in total. The predicted molar refractivity (Wildman–Crippen MR) is 67.2 cm³/mol. The first-order chi connectivity index (χ1) is 8.65. The SMILES string of the molecule is Cc1ccc2occ(-n3ccc(=O)[nH]c3=O)c2c1. The van der Waals surface area contributed by atoms with Crippen LogP contribution in [0.2, 0.25) is 0 Å². The van der Waals surface area contributed by atoms with E-state index in [9.17, 15) is 9.59 Å². The number of fused-ring (bicyclic) bond motifs is 1. The molecule has 5 heteroatoms. The van der Waals surface area contributed by atoms with Gasteiger partial charge in [-0.15, -0.1) is 0 Å². The van der Waals surface area contributed by atoms with Crippen molar-refractivity contribution in [2.75, 3.05) is 0 Å². The molecule has 90 valence electrons. The first-order valence-corrected chi connectivity index (χ1v) is 5.45. The van der Waals surface area contributed by atoms with Crippen LogP contribution in [0.4, 0.5) is 0 Å². The second kappa shape index (κ2) is 3.73. The van der Waals surface area contributed by atoms with Gasteiger partial charge >= 0.3 is 5.69 Å². The van der Waals surface area contributed by atoms with E-state index in [1.54, 1.807) is 0 Å². The van der Waals surface area contributed by atoms with Crippen molar-refractivity contribution < 1.29 is 4.42 Å². The molecule has 3 rings (SSSR count). The highest BCUT2D eigenvalue weighted by atomic mass is 16.3. The molecule has 0 aliphatic rings. The molecule has 0 unspecified atom stereocenters. The van der Waals surface area contributed by atoms with E-state index in [-0.39, 0.29) is 0 Å². The van der Waals surface area contributed by atoms with E-state index in [2.05, 4.69) is 4.98 Å². The Morgan fingerprint density at radius 2 is 2.06 bits per heavy atom. The Morgan fingerprint density at radius 3 is 2.83 bits per heavy atom. The van der Waals surface area contributed by atoms with E-state index in [1.807, 2.05) is 25.1 Å². The van der Waals surface area contributed by atoms with Crippen molar-refractivity contribution in [1.82, 2.24) is 9.55 Å². The summed E-state index contributed by atoms with van der Waals surface area (Å²) in [5.41, 5.74) is 1.50. The van der Waals surface area contributed by atoms with Gasteiger partial charge in [0.2, 0.25) is 0 Å². The molecular formula is C13H10N2O3. The van der Waals surface area contributed by atoms with Gasteiger partial charge in [0.05, 0.1) is 5.69 Å². The number of nitrogens with one attached hydrogen (secondary N) is 1. The van der Waals surface area contributed by atoms with Crippen molar-refractivity contribution in [3.63, 3.8) is 0 Å². The maximum Gasteiger partial charge on any atom is 0.333 e. The number of hydrogen-bond acceptors (Lipinski definition) is 3. The van der Waals surface area contributed by atoms with Crippen molar-refractivity contribution >= 4 is 11.0 Å². The van der Waals surface area contributed by atoms with E-state index >= 15 is 0 Å². The van der Waals surface area contributed by atoms with Gasteiger partial charge in [0.1, 0.15) is 11.8 Å². The highest BCUT2D eigenvalue weighted by molar-refractivity contribution is 5.86. The first-order valence-electron chi connectivity index (χ1n) is 5.45. The fourth-order valence-electron chi connectivity index (χ4n) is 1.92. The summed E-state index contributed by atoms with van der Waals surface area (Å²) >= 11 is 0. The third-order valence-corrected chi connectivity index (χ3v) is 2.79. The molecule has 0 radical (unpaired) electrons. The summed E-state index contributed by atoms with van der Waals surface area (Å²) in [4.78, 5) is 25.0. The first kappa shape index (κ1) is 10.6. The number of furan rings is 1. The lowest BCUT2D eigenvalue weighted by atomic mass is 10.1. The number of benzene rings is 1. The third-order valence-electron chi connectivity index (χ3n) is 2.79. The zero-order valence-corrected chi connectivity index (χ0v) is 9.64. The Hall–Kier alpha value is -2.56. The Kier molecular flexibility index (Phi) is 2.19. The minimum atomic E-state index is -0.480. The molecule has 18 heavy (non-hydrogen) atoms. The number of aromatic nitrogens is 2. The van der Waals surface area contributed by atoms with Crippen LogP contribution in [0.15, 0.2) is 50.7 Å². The molecule has 2 heterocycles. The highest BCUT2D eigenvalue weighted by Gasteiger charge is 2.09. The van der Waals surface area contributed by atoms with Gasteiger partial charge < -0.3 is 4.42 Å². The van der Waals surface area contributed by atoms with Gasteiger partial charge in [-0.2, -0.15) is 0 Å². The van der Waals surface area contributed by atoms with Crippen LogP contribution in [0, 0.1) is 6.92 Å². The fourth-order valence-corrected chi connectivity index (χ4v) is 1.92. The van der Waals surface area contributed by atoms with Gasteiger partial charge in [-0.1, -0.05) is 11.6 Å². The Balaban J connectivity index is 2.35. The monoisotopic (exact) mass is 242 g/mol. The molecular weight excluding hydrogens is 232 g/mol. The van der Waals surface area contributed by atoms with Gasteiger partial charge in [-0.05, 0) is 19.1 Å². The van der Waals surface area contributed by atoms with Crippen molar-refractivity contribution in [2.24, 2.45) is 0 Å². The van der Waals surface area contributed by atoms with Crippen molar-refractivity contribution in [2.45, 2.75) is 6.92 Å². The van der Waals surface area contributed by atoms with Crippen molar-refractivity contribution in [3.05, 3.63) is 63.1 Å². The van der Waals surface area contributed by atoms with Crippen LogP contribution in [0.25, 0.3) is 16.7 Å². The van der Waals surface area contributed by atoms with E-state index < -0.39 is 11.2 Å². The maximum absolute atomic E-state index is 11.7. The van der Waals surface area contributed by atoms with Crippen LogP contribution in [-0.4, -0.2) is 9.55 Å². The normalized spacial score (nSPS) is 10.9. The Labute approximate surface area is 101 Å². The molecule has 3 aromatic rings. The number of hydrogen-bond donors (Lipinski definition) is 1. The molecule has 1 aromatic carbocycles. The predicted octanol–water partition coefficient (Wildman–Crippen LogP) is 1.58. The maximum atomic E-state index is 11.7. The summed E-state index contributed by atoms with van der Waals surface area (Å²) in [7, 11) is 0. The molecule has 2 aromatic heterocycles. The lowest BCUT2D eigenvalue weighted by Crippen LogP contribution is -2.27. The Morgan fingerprint density at radius 1 is 1.22 bits per heavy atom. The summed E-state index contributed by atoms with van der Waals surface area (Å²) in [6.07, 6.45) is 2.94. The highest BCUT2D eigenvalue weighted by Crippen LogP contribution is 2.24. The number of nitrogens with zero attached hydrogens (tertiary/aromatic N) is 1. The molecule has 0 saturated carbocycles. The molecule has 0 aliphatic carbocycles. The minimum Gasteiger partial charge on any atom is -0.462 e. The molecule has 0 aliphatic heterocycles. The molecule has 0 bridgehead atoms. The van der Waals surface area contributed by atoms with Gasteiger partial charge in [-0.3, -0.25) is 14.3 Å². The van der Waals surface area contributed by atoms with E-state index in [0.29, 0.717) is 11.3 Å². The van der Waals surface area contributed by atoms with Crippen molar-refractivity contribution in [3.8, 4) is 5.69 Å². The number of H-pyrrole nitrogens is 1. The van der Waals surface area contributed by atoms with Gasteiger partial charge in [0.15, 0.2) is 0 Å². The van der Waals surface area contributed by atoms with Gasteiger partial charge in [-0.25, -0.2) is 4.79 Å². The smallest absolute Gasteiger partial charge is 0.333 e. The van der Waals surface area contributed by atoms with E-state index in [4.69, 9.17) is 4.42 Å². The zero-order valence-electron chi connectivity index (χ0n) is 9.64. The van der Waals surface area contributed by atoms with Gasteiger partial charge in [0, 0.05) is 17.6 Å². The third kappa shape index (κ3) is 1.57. The Bertz CT molecular complexity index is 839. The minimum absolute atomic E-state index is 0.416.